The highest BCUT2D eigenvalue weighted by molar-refractivity contribution is 7.92. The third-order valence-electron chi connectivity index (χ3n) is 5.97. The van der Waals surface area contributed by atoms with Crippen LogP contribution >= 0.6 is 0 Å². The Kier molecular flexibility index (Phi) is 7.58. The summed E-state index contributed by atoms with van der Waals surface area (Å²) >= 11 is 0. The predicted octanol–water partition coefficient (Wildman–Crippen LogP) is 3.15. The van der Waals surface area contributed by atoms with Gasteiger partial charge in [-0.15, -0.1) is 0 Å². The molecule has 3 aromatic rings. The Balaban J connectivity index is 1.78. The number of nitrogens with one attached hydrogen (secondary N) is 3. The molecule has 0 saturated carbocycles. The van der Waals surface area contributed by atoms with Crippen LogP contribution in [0.1, 0.15) is 11.1 Å². The number of amides is 2. The lowest BCUT2D eigenvalue weighted by molar-refractivity contribution is -0.119. The zero-order valence-corrected chi connectivity index (χ0v) is 22.2. The summed E-state index contributed by atoms with van der Waals surface area (Å²) in [5.41, 5.74) is 3.89. The highest BCUT2D eigenvalue weighted by Crippen LogP contribution is 2.43. The van der Waals surface area contributed by atoms with E-state index in [0.29, 0.717) is 45.4 Å². The zero-order valence-electron chi connectivity index (χ0n) is 21.4. The molecule has 0 unspecified atom stereocenters. The van der Waals surface area contributed by atoms with Crippen LogP contribution in [-0.2, 0) is 19.6 Å². The number of fused-ring (bicyclic) bond motifs is 1. The van der Waals surface area contributed by atoms with E-state index in [1.54, 1.807) is 36.4 Å². The minimum atomic E-state index is -3.70. The Morgan fingerprint density at radius 1 is 0.974 bits per heavy atom. The van der Waals surface area contributed by atoms with Gasteiger partial charge in [-0.3, -0.25) is 13.9 Å². The molecule has 3 N–H and O–H groups in total. The number of ether oxygens (including phenoxy) is 2. The summed E-state index contributed by atoms with van der Waals surface area (Å²) in [7, 11) is 0.795. The average molecular weight is 537 g/mol. The molecule has 0 bridgehead atoms. The standard InChI is InChI=1S/C27H28N4O6S/c1-28-24(32)16-31(38(4,34)35)19-12-10-18(11-13-19)29-26(17-8-6-5-7-9-17)25-20-14-22(36-2)23(37-3)15-21(20)30-27(25)33/h5-15,29H,16H2,1-4H3,(H,28,32)(H,30,33)/b26-25-. The van der Waals surface area contributed by atoms with Crippen LogP contribution in [0.3, 0.4) is 0 Å². The number of benzene rings is 3. The molecule has 0 spiro atoms. The monoisotopic (exact) mass is 536 g/mol. The molecule has 3 aromatic carbocycles. The number of rotatable bonds is 9. The van der Waals surface area contributed by atoms with E-state index in [1.165, 1.54) is 21.3 Å². The number of carbonyl (C=O) groups is 2. The number of hydrogen-bond acceptors (Lipinski definition) is 7. The van der Waals surface area contributed by atoms with Gasteiger partial charge in [0.25, 0.3) is 5.91 Å². The molecule has 198 valence electrons. The second-order valence-corrected chi connectivity index (χ2v) is 10.3. The Hall–Kier alpha value is -4.51. The van der Waals surface area contributed by atoms with Gasteiger partial charge in [0, 0.05) is 24.4 Å². The van der Waals surface area contributed by atoms with E-state index in [9.17, 15) is 18.0 Å². The maximum absolute atomic E-state index is 13.2. The van der Waals surface area contributed by atoms with Crippen LogP contribution in [0.15, 0.2) is 66.7 Å². The summed E-state index contributed by atoms with van der Waals surface area (Å²) in [6, 6.07) is 19.4. The molecule has 38 heavy (non-hydrogen) atoms. The van der Waals surface area contributed by atoms with Crippen LogP contribution in [0.5, 0.6) is 11.5 Å². The Bertz CT molecular complexity index is 1500. The Morgan fingerprint density at radius 3 is 2.18 bits per heavy atom. The highest BCUT2D eigenvalue weighted by atomic mass is 32.2. The van der Waals surface area contributed by atoms with Crippen molar-refractivity contribution in [1.29, 1.82) is 0 Å². The largest absolute Gasteiger partial charge is 0.493 e. The Morgan fingerprint density at radius 2 is 1.61 bits per heavy atom. The van der Waals surface area contributed by atoms with Crippen molar-refractivity contribution in [2.45, 2.75) is 0 Å². The first-order chi connectivity index (χ1) is 18.2. The molecule has 1 aliphatic heterocycles. The van der Waals surface area contributed by atoms with Gasteiger partial charge in [-0.2, -0.15) is 0 Å². The maximum atomic E-state index is 13.2. The van der Waals surface area contributed by atoms with Gasteiger partial charge in [-0.05, 0) is 35.9 Å². The number of hydrogen-bond donors (Lipinski definition) is 3. The third kappa shape index (κ3) is 5.42. The van der Waals surface area contributed by atoms with Gasteiger partial charge in [-0.1, -0.05) is 30.3 Å². The third-order valence-corrected chi connectivity index (χ3v) is 7.11. The van der Waals surface area contributed by atoms with Crippen LogP contribution < -0.4 is 29.7 Å². The van der Waals surface area contributed by atoms with Crippen LogP contribution in [0.2, 0.25) is 0 Å². The van der Waals surface area contributed by atoms with Gasteiger partial charge in [0.1, 0.15) is 6.54 Å². The molecule has 0 fully saturated rings. The van der Waals surface area contributed by atoms with Crippen LogP contribution in [-0.4, -0.2) is 54.3 Å². The zero-order chi connectivity index (χ0) is 27.4. The second kappa shape index (κ2) is 10.9. The molecular formula is C27H28N4O6S. The second-order valence-electron chi connectivity index (χ2n) is 8.44. The average Bonchev–Trinajstić information content (AvgIpc) is 3.23. The smallest absolute Gasteiger partial charge is 0.258 e. The first-order valence-corrected chi connectivity index (χ1v) is 13.4. The van der Waals surface area contributed by atoms with E-state index in [-0.39, 0.29) is 12.5 Å². The molecular weight excluding hydrogens is 508 g/mol. The Labute approximate surface area is 221 Å². The van der Waals surface area contributed by atoms with E-state index >= 15 is 0 Å². The molecule has 10 nitrogen and oxygen atoms in total. The number of anilines is 3. The molecule has 0 radical (unpaired) electrons. The van der Waals surface area contributed by atoms with Gasteiger partial charge < -0.3 is 25.4 Å². The first-order valence-electron chi connectivity index (χ1n) is 11.6. The van der Waals surface area contributed by atoms with E-state index in [1.807, 2.05) is 30.3 Å². The van der Waals surface area contributed by atoms with E-state index in [0.717, 1.165) is 16.1 Å². The summed E-state index contributed by atoms with van der Waals surface area (Å²) in [5, 5.41) is 8.65. The SMILES string of the molecule is CNC(=O)CN(c1ccc(N/C(=C2\C(=O)Nc3cc(OC)c(OC)cc32)c2ccccc2)cc1)S(C)(=O)=O. The topological polar surface area (TPSA) is 126 Å². The predicted molar refractivity (Wildman–Crippen MR) is 148 cm³/mol. The number of sulfonamides is 1. The molecule has 1 aliphatic rings. The summed E-state index contributed by atoms with van der Waals surface area (Å²) < 4.78 is 36.5. The quantitative estimate of drug-likeness (QED) is 0.359. The molecule has 4 rings (SSSR count). The number of carbonyl (C=O) groups excluding carboxylic acids is 2. The van der Waals surface area contributed by atoms with Gasteiger partial charge >= 0.3 is 0 Å². The molecule has 0 atom stereocenters. The lowest BCUT2D eigenvalue weighted by atomic mass is 9.99. The normalized spacial score (nSPS) is 13.7. The minimum Gasteiger partial charge on any atom is -0.493 e. The van der Waals surface area contributed by atoms with Crippen LogP contribution in [0.4, 0.5) is 17.1 Å². The van der Waals surface area contributed by atoms with Crippen molar-refractivity contribution in [2.75, 3.05) is 49.0 Å². The van der Waals surface area contributed by atoms with E-state index < -0.39 is 15.9 Å². The molecule has 11 heteroatoms. The van der Waals surface area contributed by atoms with Gasteiger partial charge in [0.2, 0.25) is 15.9 Å². The fourth-order valence-electron chi connectivity index (χ4n) is 4.09. The summed E-state index contributed by atoms with van der Waals surface area (Å²) in [5.74, 6) is 0.234. The maximum Gasteiger partial charge on any atom is 0.258 e. The van der Waals surface area contributed by atoms with Gasteiger partial charge in [0.15, 0.2) is 11.5 Å². The minimum absolute atomic E-state index is 0.299. The molecule has 1 heterocycles. The van der Waals surface area contributed by atoms with Crippen molar-refractivity contribution < 1.29 is 27.5 Å². The fraction of sp³-hybridized carbons (Fsp3) is 0.185. The number of likely N-dealkylation sites (N-methyl/N-ethyl adjacent to an activating group) is 1. The molecule has 2 amide bonds. The van der Waals surface area contributed by atoms with Gasteiger partial charge in [0.05, 0.1) is 43.1 Å². The van der Waals surface area contributed by atoms with Gasteiger partial charge in [-0.25, -0.2) is 8.42 Å². The fourth-order valence-corrected chi connectivity index (χ4v) is 4.95. The number of nitrogens with zero attached hydrogens (tertiary/aromatic N) is 1. The summed E-state index contributed by atoms with van der Waals surface area (Å²) in [6.07, 6.45) is 1.04. The van der Waals surface area contributed by atoms with Crippen molar-refractivity contribution in [3.05, 3.63) is 77.9 Å². The van der Waals surface area contributed by atoms with Crippen molar-refractivity contribution >= 4 is 50.2 Å². The van der Waals surface area contributed by atoms with Crippen LogP contribution in [0.25, 0.3) is 11.3 Å². The van der Waals surface area contributed by atoms with Crippen LogP contribution in [0, 0.1) is 0 Å². The lowest BCUT2D eigenvalue weighted by Crippen LogP contribution is -2.39. The van der Waals surface area contributed by atoms with E-state index in [4.69, 9.17) is 9.47 Å². The molecule has 0 saturated heterocycles. The molecule has 0 aliphatic carbocycles. The summed E-state index contributed by atoms with van der Waals surface area (Å²) in [6.45, 7) is -0.344. The first kappa shape index (κ1) is 26.6. The van der Waals surface area contributed by atoms with Crippen molar-refractivity contribution in [1.82, 2.24) is 5.32 Å². The highest BCUT2D eigenvalue weighted by Gasteiger charge is 2.30. The van der Waals surface area contributed by atoms with E-state index in [2.05, 4.69) is 16.0 Å². The van der Waals surface area contributed by atoms with Crippen molar-refractivity contribution in [3.63, 3.8) is 0 Å². The van der Waals surface area contributed by atoms with Crippen molar-refractivity contribution in [2.24, 2.45) is 0 Å². The van der Waals surface area contributed by atoms with Crippen molar-refractivity contribution in [3.8, 4) is 11.5 Å². The number of methoxy groups -OCH3 is 2. The summed E-state index contributed by atoms with van der Waals surface area (Å²) in [4.78, 5) is 25.1. The molecule has 0 aromatic heterocycles. The lowest BCUT2D eigenvalue weighted by Gasteiger charge is -2.22.